The monoisotopic (exact) mass is 395 g/mol. The average Bonchev–Trinajstić information content (AvgIpc) is 2.85. The average molecular weight is 395 g/mol. The fraction of sp³-hybridized carbons (Fsp3) is 0.556. The Morgan fingerprint density at radius 2 is 1.85 bits per heavy atom. The van der Waals surface area contributed by atoms with Crippen LogP contribution in [0, 0.1) is 0 Å². The van der Waals surface area contributed by atoms with Crippen molar-refractivity contribution in [3.05, 3.63) is 24.3 Å². The third kappa shape index (κ3) is 3.79. The SMILES string of the molecule is CC(=O)N1CC[C@@H]2Oc3ccccc3S(=O)(=O)N(CC(=O)N(C)C)[C@H]2CC1. The van der Waals surface area contributed by atoms with Gasteiger partial charge in [0.1, 0.15) is 16.7 Å². The molecule has 0 saturated carbocycles. The van der Waals surface area contributed by atoms with E-state index in [4.69, 9.17) is 4.74 Å². The Balaban J connectivity index is 2.05. The molecule has 0 unspecified atom stereocenters. The molecule has 3 rings (SSSR count). The predicted molar refractivity (Wildman–Crippen MR) is 98.7 cm³/mol. The lowest BCUT2D eigenvalue weighted by Crippen LogP contribution is -2.50. The number of ether oxygens (including phenoxy) is 1. The van der Waals surface area contributed by atoms with Crippen molar-refractivity contribution in [2.45, 2.75) is 36.8 Å². The molecule has 1 aromatic carbocycles. The van der Waals surface area contributed by atoms with Gasteiger partial charge < -0.3 is 14.5 Å². The Morgan fingerprint density at radius 1 is 1.19 bits per heavy atom. The fourth-order valence-electron chi connectivity index (χ4n) is 3.55. The quantitative estimate of drug-likeness (QED) is 0.729. The van der Waals surface area contributed by atoms with Crippen molar-refractivity contribution in [2.24, 2.45) is 0 Å². The summed E-state index contributed by atoms with van der Waals surface area (Å²) in [6.07, 6.45) is 0.488. The van der Waals surface area contributed by atoms with Crippen molar-refractivity contribution in [1.29, 1.82) is 0 Å². The molecule has 0 radical (unpaired) electrons. The van der Waals surface area contributed by atoms with Crippen LogP contribution in [0.1, 0.15) is 19.8 Å². The molecular formula is C18H25N3O5S. The number of para-hydroxylation sites is 1. The first kappa shape index (κ1) is 19.6. The van der Waals surface area contributed by atoms with E-state index < -0.39 is 22.2 Å². The summed E-state index contributed by atoms with van der Waals surface area (Å²) in [5, 5.41) is 0. The number of carbonyl (C=O) groups excluding carboxylic acids is 2. The van der Waals surface area contributed by atoms with Crippen LogP contribution in [0.3, 0.4) is 0 Å². The molecule has 2 amide bonds. The summed E-state index contributed by atoms with van der Waals surface area (Å²) in [5.41, 5.74) is 0. The Hall–Kier alpha value is -2.13. The molecule has 0 spiro atoms. The summed E-state index contributed by atoms with van der Waals surface area (Å²) < 4.78 is 34.1. The molecule has 2 heterocycles. The van der Waals surface area contributed by atoms with Crippen LogP contribution in [0.25, 0.3) is 0 Å². The Labute approximate surface area is 159 Å². The molecule has 2 atom stereocenters. The van der Waals surface area contributed by atoms with Crippen molar-refractivity contribution in [2.75, 3.05) is 33.7 Å². The minimum atomic E-state index is -3.91. The number of amides is 2. The van der Waals surface area contributed by atoms with Crippen LogP contribution in [0.4, 0.5) is 0 Å². The van der Waals surface area contributed by atoms with Crippen molar-refractivity contribution in [3.63, 3.8) is 0 Å². The van der Waals surface area contributed by atoms with Gasteiger partial charge in [-0.2, -0.15) is 4.31 Å². The van der Waals surface area contributed by atoms with E-state index in [2.05, 4.69) is 0 Å². The summed E-state index contributed by atoms with van der Waals surface area (Å²) in [7, 11) is -0.722. The highest BCUT2D eigenvalue weighted by atomic mass is 32.2. The number of nitrogens with zero attached hydrogens (tertiary/aromatic N) is 3. The second-order valence-corrected chi connectivity index (χ2v) is 8.95. The van der Waals surface area contributed by atoms with Crippen LogP contribution in [-0.2, 0) is 19.6 Å². The van der Waals surface area contributed by atoms with E-state index in [-0.39, 0.29) is 23.3 Å². The van der Waals surface area contributed by atoms with Gasteiger partial charge in [-0.3, -0.25) is 9.59 Å². The van der Waals surface area contributed by atoms with Gasteiger partial charge >= 0.3 is 0 Å². The molecule has 0 aromatic heterocycles. The number of hydrogen-bond acceptors (Lipinski definition) is 5. The smallest absolute Gasteiger partial charge is 0.247 e. The Kier molecular flexibility index (Phi) is 5.43. The van der Waals surface area contributed by atoms with Crippen molar-refractivity contribution in [1.82, 2.24) is 14.1 Å². The molecular weight excluding hydrogens is 370 g/mol. The van der Waals surface area contributed by atoms with E-state index >= 15 is 0 Å². The number of likely N-dealkylation sites (tertiary alicyclic amines) is 1. The summed E-state index contributed by atoms with van der Waals surface area (Å²) >= 11 is 0. The second-order valence-electron chi connectivity index (χ2n) is 7.09. The lowest BCUT2D eigenvalue weighted by molar-refractivity contribution is -0.130. The van der Waals surface area contributed by atoms with E-state index in [1.54, 1.807) is 37.2 Å². The van der Waals surface area contributed by atoms with Crippen molar-refractivity contribution in [3.8, 4) is 5.75 Å². The topological polar surface area (TPSA) is 87.2 Å². The van der Waals surface area contributed by atoms with Gasteiger partial charge in [0.25, 0.3) is 0 Å². The normalized spacial score (nSPS) is 24.6. The van der Waals surface area contributed by atoms with Crippen LogP contribution < -0.4 is 4.74 Å². The predicted octanol–water partition coefficient (Wildman–Crippen LogP) is 0.537. The van der Waals surface area contributed by atoms with Crippen molar-refractivity contribution >= 4 is 21.8 Å². The largest absolute Gasteiger partial charge is 0.487 e. The van der Waals surface area contributed by atoms with E-state index in [9.17, 15) is 18.0 Å². The number of carbonyl (C=O) groups is 2. The van der Waals surface area contributed by atoms with Gasteiger partial charge in [-0.15, -0.1) is 0 Å². The van der Waals surface area contributed by atoms with E-state index in [0.717, 1.165) is 0 Å². The lowest BCUT2D eigenvalue weighted by atomic mass is 10.1. The van der Waals surface area contributed by atoms with Gasteiger partial charge in [0.15, 0.2) is 0 Å². The van der Waals surface area contributed by atoms with Crippen LogP contribution >= 0.6 is 0 Å². The van der Waals surface area contributed by atoms with E-state index in [1.807, 2.05) is 0 Å². The number of sulfonamides is 1. The highest BCUT2D eigenvalue weighted by Crippen LogP contribution is 2.36. The van der Waals surface area contributed by atoms with Crippen LogP contribution in [0.15, 0.2) is 29.2 Å². The highest BCUT2D eigenvalue weighted by Gasteiger charge is 2.44. The molecule has 148 valence electrons. The first-order chi connectivity index (χ1) is 12.7. The minimum Gasteiger partial charge on any atom is -0.487 e. The van der Waals surface area contributed by atoms with Gasteiger partial charge in [-0.05, 0) is 18.6 Å². The number of rotatable bonds is 2. The molecule has 0 N–H and O–H groups in total. The molecule has 0 aliphatic carbocycles. The maximum Gasteiger partial charge on any atom is 0.247 e. The molecule has 9 heteroatoms. The Bertz CT molecular complexity index is 839. The highest BCUT2D eigenvalue weighted by molar-refractivity contribution is 7.89. The number of likely N-dealkylation sites (N-methyl/N-ethyl adjacent to an activating group) is 1. The molecule has 1 aromatic rings. The summed E-state index contributed by atoms with van der Waals surface area (Å²) in [6.45, 7) is 2.17. The zero-order chi connectivity index (χ0) is 19.8. The van der Waals surface area contributed by atoms with Crippen LogP contribution in [-0.4, -0.2) is 80.2 Å². The fourth-order valence-corrected chi connectivity index (χ4v) is 5.30. The van der Waals surface area contributed by atoms with Gasteiger partial charge in [0.05, 0.1) is 12.6 Å². The second kappa shape index (κ2) is 7.47. The van der Waals surface area contributed by atoms with E-state index in [0.29, 0.717) is 31.7 Å². The number of benzene rings is 1. The zero-order valence-electron chi connectivity index (χ0n) is 15.8. The van der Waals surface area contributed by atoms with Crippen molar-refractivity contribution < 1.29 is 22.7 Å². The van der Waals surface area contributed by atoms with Gasteiger partial charge in [-0.25, -0.2) is 8.42 Å². The summed E-state index contributed by atoms with van der Waals surface area (Å²) in [5.74, 6) is -0.0569. The van der Waals surface area contributed by atoms with Gasteiger partial charge in [0.2, 0.25) is 21.8 Å². The maximum absolute atomic E-state index is 13.4. The van der Waals surface area contributed by atoms with Gasteiger partial charge in [-0.1, -0.05) is 12.1 Å². The minimum absolute atomic E-state index is 0.0503. The maximum atomic E-state index is 13.4. The first-order valence-electron chi connectivity index (χ1n) is 8.95. The lowest BCUT2D eigenvalue weighted by Gasteiger charge is -2.31. The summed E-state index contributed by atoms with van der Waals surface area (Å²) in [6, 6.07) is 5.99. The molecule has 0 bridgehead atoms. The van der Waals surface area contributed by atoms with Crippen LogP contribution in [0.5, 0.6) is 5.75 Å². The Morgan fingerprint density at radius 3 is 2.52 bits per heavy atom. The first-order valence-corrected chi connectivity index (χ1v) is 10.4. The molecule has 1 fully saturated rings. The molecule has 8 nitrogen and oxygen atoms in total. The van der Waals surface area contributed by atoms with Gasteiger partial charge in [0, 0.05) is 40.5 Å². The number of hydrogen-bond donors (Lipinski definition) is 0. The molecule has 27 heavy (non-hydrogen) atoms. The number of fused-ring (bicyclic) bond motifs is 2. The third-order valence-electron chi connectivity index (χ3n) is 5.13. The molecule has 2 aliphatic heterocycles. The van der Waals surface area contributed by atoms with Crippen LogP contribution in [0.2, 0.25) is 0 Å². The van der Waals surface area contributed by atoms with E-state index in [1.165, 1.54) is 22.2 Å². The molecule has 1 saturated heterocycles. The third-order valence-corrected chi connectivity index (χ3v) is 7.04. The summed E-state index contributed by atoms with van der Waals surface area (Å²) in [4.78, 5) is 27.3. The zero-order valence-corrected chi connectivity index (χ0v) is 16.6. The standard InChI is InChI=1S/C18H25N3O5S/c1-13(22)20-10-8-14-15(9-11-20)26-16-6-4-5-7-17(16)27(24,25)21(14)12-18(23)19(2)3/h4-7,14-15H,8-12H2,1-3H3/t14-,15-/m0/s1. The molecule has 2 aliphatic rings.